The molecule has 2 unspecified atom stereocenters. The van der Waals surface area contributed by atoms with Crippen LogP contribution in [0.1, 0.15) is 39.2 Å². The van der Waals surface area contributed by atoms with E-state index in [9.17, 15) is 19.5 Å². The fourth-order valence-corrected chi connectivity index (χ4v) is 4.57. The molecule has 8 heteroatoms. The number of allylic oxidation sites excluding steroid dienone is 1. The number of carbonyl (C=O) groups excluding carboxylic acids is 1. The maximum absolute atomic E-state index is 13.2. The number of nitro benzene ring substituents is 1. The Morgan fingerprint density at radius 1 is 1.29 bits per heavy atom. The second kappa shape index (κ2) is 7.38. The zero-order chi connectivity index (χ0) is 17.9. The molecule has 1 fully saturated rings. The molecule has 0 aromatic heterocycles. The molecular formula is C16H20NO6P. The van der Waals surface area contributed by atoms with Gasteiger partial charge in [-0.3, -0.25) is 19.5 Å². The molecule has 130 valence electrons. The molecule has 1 aromatic rings. The van der Waals surface area contributed by atoms with Crippen LogP contribution in [-0.2, 0) is 18.4 Å². The molecule has 0 spiro atoms. The summed E-state index contributed by atoms with van der Waals surface area (Å²) in [5, 5.41) is 10.8. The van der Waals surface area contributed by atoms with Gasteiger partial charge < -0.3 is 9.05 Å². The lowest BCUT2D eigenvalue weighted by atomic mass is 10.1. The summed E-state index contributed by atoms with van der Waals surface area (Å²) in [5.41, 5.74) is 0.274. The topological polar surface area (TPSA) is 95.7 Å². The zero-order valence-corrected chi connectivity index (χ0v) is 14.7. The van der Waals surface area contributed by atoms with Crippen LogP contribution in [0.25, 0.3) is 6.08 Å². The summed E-state index contributed by atoms with van der Waals surface area (Å²) in [6.07, 6.45) is 2.07. The Morgan fingerprint density at radius 3 is 2.38 bits per heavy atom. The number of hydrogen-bond acceptors (Lipinski definition) is 6. The molecule has 7 nitrogen and oxygen atoms in total. The van der Waals surface area contributed by atoms with Crippen LogP contribution in [0.4, 0.5) is 5.69 Å². The van der Waals surface area contributed by atoms with Crippen molar-refractivity contribution in [1.82, 2.24) is 0 Å². The van der Waals surface area contributed by atoms with E-state index in [0.717, 1.165) is 0 Å². The van der Waals surface area contributed by atoms with Crippen LogP contribution >= 0.6 is 7.60 Å². The molecule has 0 aliphatic carbocycles. The number of Topliss-reactive ketones (excluding diaryl/α,β-unsaturated/α-hetero) is 1. The highest BCUT2D eigenvalue weighted by molar-refractivity contribution is 7.60. The number of ketones is 1. The van der Waals surface area contributed by atoms with Crippen molar-refractivity contribution in [3.63, 3.8) is 0 Å². The minimum atomic E-state index is -3.80. The van der Waals surface area contributed by atoms with E-state index in [-0.39, 0.29) is 23.2 Å². The molecule has 0 bridgehead atoms. The van der Waals surface area contributed by atoms with Crippen molar-refractivity contribution >= 4 is 25.1 Å². The van der Waals surface area contributed by atoms with E-state index in [0.29, 0.717) is 18.4 Å². The number of nitrogens with zero attached hydrogens (tertiary/aromatic N) is 1. The summed E-state index contributed by atoms with van der Waals surface area (Å²) in [6, 6.07) is 5.74. The van der Waals surface area contributed by atoms with Gasteiger partial charge >= 0.3 is 7.60 Å². The summed E-state index contributed by atoms with van der Waals surface area (Å²) in [4.78, 5) is 22.4. The molecular weight excluding hydrogens is 333 g/mol. The Labute approximate surface area is 140 Å². The van der Waals surface area contributed by atoms with E-state index >= 15 is 0 Å². The number of non-ortho nitro benzene ring substituents is 1. The maximum atomic E-state index is 13.2. The number of nitro groups is 1. The summed E-state index contributed by atoms with van der Waals surface area (Å²) in [5.74, 6) is -0.453. The van der Waals surface area contributed by atoms with Crippen molar-refractivity contribution in [3.05, 3.63) is 45.3 Å². The molecule has 1 saturated heterocycles. The van der Waals surface area contributed by atoms with Gasteiger partial charge in [-0.1, -0.05) is 12.1 Å². The third-order valence-electron chi connectivity index (χ3n) is 3.66. The second-order valence-electron chi connectivity index (χ2n) is 5.84. The van der Waals surface area contributed by atoms with Crippen LogP contribution in [0.3, 0.4) is 0 Å². The maximum Gasteiger partial charge on any atom is 0.365 e. The molecule has 24 heavy (non-hydrogen) atoms. The fraction of sp³-hybridized carbons (Fsp3) is 0.438. The molecule has 0 saturated carbocycles. The highest BCUT2D eigenvalue weighted by atomic mass is 31.2. The average molecular weight is 353 g/mol. The first kappa shape index (κ1) is 18.5. The molecule has 1 aromatic carbocycles. The number of hydrogen-bond donors (Lipinski definition) is 0. The summed E-state index contributed by atoms with van der Waals surface area (Å²) < 4.78 is 24.3. The van der Waals surface area contributed by atoms with E-state index < -0.39 is 18.3 Å². The van der Waals surface area contributed by atoms with Gasteiger partial charge in [-0.2, -0.15) is 0 Å². The lowest BCUT2D eigenvalue weighted by molar-refractivity contribution is -0.384. The monoisotopic (exact) mass is 353 g/mol. The van der Waals surface area contributed by atoms with Gasteiger partial charge in [0.1, 0.15) is 5.31 Å². The van der Waals surface area contributed by atoms with Gasteiger partial charge in [0.2, 0.25) is 0 Å². The van der Waals surface area contributed by atoms with E-state index in [1.54, 1.807) is 19.9 Å². The quantitative estimate of drug-likeness (QED) is 0.346. The summed E-state index contributed by atoms with van der Waals surface area (Å²) in [7, 11) is -3.80. The van der Waals surface area contributed by atoms with Gasteiger partial charge in [-0.15, -0.1) is 0 Å². The van der Waals surface area contributed by atoms with Crippen molar-refractivity contribution < 1.29 is 23.3 Å². The van der Waals surface area contributed by atoms with Crippen LogP contribution in [0.15, 0.2) is 29.6 Å². The molecule has 0 radical (unpaired) electrons. The van der Waals surface area contributed by atoms with E-state index in [2.05, 4.69) is 0 Å². The number of carbonyl (C=O) groups is 1. The van der Waals surface area contributed by atoms with E-state index in [1.807, 2.05) is 0 Å². The molecule has 1 aliphatic heterocycles. The Hall–Kier alpha value is -1.82. The van der Waals surface area contributed by atoms with Crippen molar-refractivity contribution in [2.75, 3.05) is 0 Å². The predicted molar refractivity (Wildman–Crippen MR) is 89.7 cm³/mol. The highest BCUT2D eigenvalue weighted by Crippen LogP contribution is 2.60. The van der Waals surface area contributed by atoms with Crippen molar-refractivity contribution in [1.29, 1.82) is 0 Å². The summed E-state index contributed by atoms with van der Waals surface area (Å²) >= 11 is 0. The molecule has 1 heterocycles. The van der Waals surface area contributed by atoms with Gasteiger partial charge in [-0.05, 0) is 45.3 Å². The van der Waals surface area contributed by atoms with Crippen LogP contribution < -0.4 is 0 Å². The zero-order valence-electron chi connectivity index (χ0n) is 13.8. The second-order valence-corrected chi connectivity index (χ2v) is 7.74. The van der Waals surface area contributed by atoms with Gasteiger partial charge in [0.25, 0.3) is 5.69 Å². The lowest BCUT2D eigenvalue weighted by Crippen LogP contribution is -2.09. The number of rotatable bonds is 4. The normalized spacial score (nSPS) is 28.2. The van der Waals surface area contributed by atoms with Gasteiger partial charge in [-0.25, -0.2) is 0 Å². The van der Waals surface area contributed by atoms with Crippen molar-refractivity contribution in [3.8, 4) is 0 Å². The first-order chi connectivity index (χ1) is 11.2. The first-order valence-electron chi connectivity index (χ1n) is 7.66. The smallest absolute Gasteiger partial charge is 0.302 e. The molecule has 1 aliphatic rings. The third-order valence-corrected chi connectivity index (χ3v) is 5.97. The van der Waals surface area contributed by atoms with Crippen LogP contribution in [0, 0.1) is 10.1 Å². The van der Waals surface area contributed by atoms with Crippen LogP contribution in [0.5, 0.6) is 0 Å². The van der Waals surface area contributed by atoms with Crippen molar-refractivity contribution in [2.45, 2.75) is 45.8 Å². The minimum absolute atomic E-state index is 0.0939. The Kier molecular flexibility index (Phi) is 5.70. The standard InChI is InChI=1S/C16H20NO6P/c1-11-7-8-12(2)23-24(21,22-11)16(13(3)18)10-14-5-4-6-15(9-14)17(19)20/h4-6,9-12H,7-8H2,1-3H3. The molecule has 0 N–H and O–H groups in total. The lowest BCUT2D eigenvalue weighted by Gasteiger charge is -2.21. The van der Waals surface area contributed by atoms with Gasteiger partial charge in [0.15, 0.2) is 5.78 Å². The first-order valence-corrected chi connectivity index (χ1v) is 9.20. The fourth-order valence-electron chi connectivity index (χ4n) is 2.45. The van der Waals surface area contributed by atoms with Crippen molar-refractivity contribution in [2.24, 2.45) is 0 Å². The summed E-state index contributed by atoms with van der Waals surface area (Å²) in [6.45, 7) is 4.83. The third kappa shape index (κ3) is 4.38. The molecule has 2 rings (SSSR count). The van der Waals surface area contributed by atoms with Crippen LogP contribution in [0.2, 0.25) is 0 Å². The predicted octanol–water partition coefficient (Wildman–Crippen LogP) is 4.32. The van der Waals surface area contributed by atoms with E-state index in [1.165, 1.54) is 31.2 Å². The Balaban J connectivity index is 2.48. The van der Waals surface area contributed by atoms with E-state index in [4.69, 9.17) is 9.05 Å². The number of benzene rings is 1. The highest BCUT2D eigenvalue weighted by Gasteiger charge is 2.39. The molecule has 2 atom stereocenters. The largest absolute Gasteiger partial charge is 0.365 e. The Morgan fingerprint density at radius 2 is 1.88 bits per heavy atom. The minimum Gasteiger partial charge on any atom is -0.302 e. The van der Waals surface area contributed by atoms with Gasteiger partial charge in [0, 0.05) is 12.1 Å². The average Bonchev–Trinajstić information content (AvgIpc) is 2.63. The Bertz CT molecular complexity index is 713. The molecule has 0 amide bonds. The van der Waals surface area contributed by atoms with Gasteiger partial charge in [0.05, 0.1) is 17.1 Å². The van der Waals surface area contributed by atoms with Crippen LogP contribution in [-0.4, -0.2) is 22.9 Å². The SMILES string of the molecule is CC(=O)C(=Cc1cccc([N+](=O)[O-])c1)P1(=O)OC(C)CCC(C)O1.